The number of methoxy groups -OCH3 is 3. The van der Waals surface area contributed by atoms with Gasteiger partial charge in [0.2, 0.25) is 0 Å². The van der Waals surface area contributed by atoms with Gasteiger partial charge in [0.05, 0.1) is 43.2 Å². The van der Waals surface area contributed by atoms with Gasteiger partial charge >= 0.3 is 0 Å². The molecular weight excluding hydrogens is 564 g/mol. The van der Waals surface area contributed by atoms with Crippen molar-refractivity contribution < 1.29 is 72.9 Å². The molecule has 15 nitrogen and oxygen atoms in total. The molecule has 0 bridgehead atoms. The van der Waals surface area contributed by atoms with Crippen molar-refractivity contribution in [3.8, 4) is 0 Å². The molecular formula is C27H48O15. The lowest BCUT2D eigenvalue weighted by atomic mass is 9.98. The molecule has 0 aromatic heterocycles. The topological polar surface area (TPSA) is 193 Å². The van der Waals surface area contributed by atoms with Crippen molar-refractivity contribution in [1.29, 1.82) is 0 Å². The summed E-state index contributed by atoms with van der Waals surface area (Å²) in [6.45, 7) is 4.86. The van der Waals surface area contributed by atoms with Gasteiger partial charge in [0, 0.05) is 40.6 Å². The normalized spacial score (nSPS) is 50.5. The molecule has 4 fully saturated rings. The van der Waals surface area contributed by atoms with Crippen LogP contribution in [-0.2, 0) is 47.4 Å². The van der Waals surface area contributed by atoms with Crippen LogP contribution in [0.5, 0.6) is 0 Å². The zero-order valence-electron chi connectivity index (χ0n) is 25.0. The van der Waals surface area contributed by atoms with E-state index in [1.807, 2.05) is 13.8 Å². The number of aliphatic hydroxyl groups excluding tert-OH is 5. The van der Waals surface area contributed by atoms with Crippen molar-refractivity contribution in [2.24, 2.45) is 0 Å². The highest BCUT2D eigenvalue weighted by molar-refractivity contribution is 4.92. The zero-order chi connectivity index (χ0) is 30.7. The standard InChI is InChI=1S/C27H48O15/c1-11-24(14(33-4)7-18(29)36-11)40-19-8-15(34-5)25(12(2)37-19)41-20-9-16(35-6)26(13(3)38-20)42-27-23(32)22(31)21(30)17(10-28)39-27/h11-32H,7-10H2,1-6H3/t11-,12-,13-,14+,15+,16-,17-,18+,19+,20+,21-,22+,23-,24+,25-,26+,27+/m1/s1. The van der Waals surface area contributed by atoms with Crippen molar-refractivity contribution in [3.05, 3.63) is 0 Å². The van der Waals surface area contributed by atoms with Gasteiger partial charge in [0.25, 0.3) is 0 Å². The van der Waals surface area contributed by atoms with Crippen LogP contribution >= 0.6 is 0 Å². The van der Waals surface area contributed by atoms with Gasteiger partial charge in [-0.25, -0.2) is 0 Å². The third-order valence-electron chi connectivity index (χ3n) is 8.54. The Bertz CT molecular complexity index is 820. The van der Waals surface area contributed by atoms with E-state index in [9.17, 15) is 25.5 Å². The Balaban J connectivity index is 1.35. The second-order valence-electron chi connectivity index (χ2n) is 11.4. The molecule has 0 spiro atoms. The second-order valence-corrected chi connectivity index (χ2v) is 11.4. The van der Waals surface area contributed by atoms with Gasteiger partial charge in [-0.2, -0.15) is 0 Å². The average molecular weight is 613 g/mol. The largest absolute Gasteiger partial charge is 0.394 e. The highest BCUT2D eigenvalue weighted by Crippen LogP contribution is 2.34. The Morgan fingerprint density at radius 3 is 1.50 bits per heavy atom. The van der Waals surface area contributed by atoms with Crippen molar-refractivity contribution in [3.63, 3.8) is 0 Å². The average Bonchev–Trinajstić information content (AvgIpc) is 2.96. The van der Waals surface area contributed by atoms with Crippen LogP contribution in [0.2, 0.25) is 0 Å². The third kappa shape index (κ3) is 7.61. The Kier molecular flexibility index (Phi) is 12.3. The van der Waals surface area contributed by atoms with E-state index in [-0.39, 0.29) is 18.9 Å². The van der Waals surface area contributed by atoms with Crippen LogP contribution in [0.3, 0.4) is 0 Å². The fourth-order valence-electron chi connectivity index (χ4n) is 6.16. The SMILES string of the molecule is CO[C@H]1C[C@@H](O)O[C@H](C)[C@@H]1O[C@H]1C[C@H](OC)[C@H](O[C@H]2C[C@@H](OC)[C@@H](O[C@@H]3O[C@H](CO)[C@@H](O)[C@H](O)[C@H]3O)[C@@H](C)O2)[C@@H](C)O1. The Morgan fingerprint density at radius 2 is 1.02 bits per heavy atom. The minimum absolute atomic E-state index is 0.261. The van der Waals surface area contributed by atoms with E-state index >= 15 is 0 Å². The highest BCUT2D eigenvalue weighted by Gasteiger charge is 2.49. The van der Waals surface area contributed by atoms with Crippen molar-refractivity contribution in [2.75, 3.05) is 27.9 Å². The molecule has 15 heteroatoms. The van der Waals surface area contributed by atoms with Crippen LogP contribution in [0.4, 0.5) is 0 Å². The Morgan fingerprint density at radius 1 is 0.571 bits per heavy atom. The molecule has 0 radical (unpaired) electrons. The van der Waals surface area contributed by atoms with Gasteiger partial charge in [-0.15, -0.1) is 0 Å². The molecule has 17 atom stereocenters. The van der Waals surface area contributed by atoms with Crippen LogP contribution in [0.1, 0.15) is 40.0 Å². The summed E-state index contributed by atoms with van der Waals surface area (Å²) in [6.07, 6.45) is -12.8. The molecule has 0 aromatic rings. The van der Waals surface area contributed by atoms with Gasteiger partial charge in [0.15, 0.2) is 25.2 Å². The fourth-order valence-corrected chi connectivity index (χ4v) is 6.16. The predicted octanol–water partition coefficient (Wildman–Crippen LogP) is -1.62. The smallest absolute Gasteiger partial charge is 0.187 e. The number of rotatable bonds is 10. The summed E-state index contributed by atoms with van der Waals surface area (Å²) in [5.41, 5.74) is 0. The minimum Gasteiger partial charge on any atom is -0.394 e. The number of aliphatic hydroxyl groups is 5. The summed E-state index contributed by atoms with van der Waals surface area (Å²) in [5, 5.41) is 50.0. The maximum atomic E-state index is 10.4. The first kappa shape index (κ1) is 34.3. The van der Waals surface area contributed by atoms with Gasteiger partial charge < -0.3 is 72.9 Å². The quantitative estimate of drug-likeness (QED) is 0.189. The summed E-state index contributed by atoms with van der Waals surface area (Å²) < 4.78 is 58.9. The summed E-state index contributed by atoms with van der Waals surface area (Å²) in [6, 6.07) is 0. The van der Waals surface area contributed by atoms with Gasteiger partial charge in [-0.05, 0) is 20.8 Å². The molecule has 4 heterocycles. The molecule has 0 saturated carbocycles. The van der Waals surface area contributed by atoms with E-state index < -0.39 is 105 Å². The highest BCUT2D eigenvalue weighted by atomic mass is 16.8. The maximum Gasteiger partial charge on any atom is 0.187 e. The molecule has 246 valence electrons. The molecule has 0 aromatic carbocycles. The van der Waals surface area contributed by atoms with Gasteiger partial charge in [0.1, 0.15) is 42.7 Å². The molecule has 5 N–H and O–H groups in total. The Hall–Kier alpha value is -0.600. The van der Waals surface area contributed by atoms with Gasteiger partial charge in [-0.1, -0.05) is 0 Å². The minimum atomic E-state index is -1.56. The van der Waals surface area contributed by atoms with Gasteiger partial charge in [-0.3, -0.25) is 0 Å². The molecule has 42 heavy (non-hydrogen) atoms. The van der Waals surface area contributed by atoms with Crippen LogP contribution in [0.15, 0.2) is 0 Å². The van der Waals surface area contributed by atoms with Crippen molar-refractivity contribution >= 4 is 0 Å². The van der Waals surface area contributed by atoms with E-state index in [0.29, 0.717) is 6.42 Å². The summed E-state index contributed by atoms with van der Waals surface area (Å²) in [7, 11) is 4.66. The van der Waals surface area contributed by atoms with E-state index in [4.69, 9.17) is 47.4 Å². The summed E-state index contributed by atoms with van der Waals surface area (Å²) in [4.78, 5) is 0. The van der Waals surface area contributed by atoms with E-state index in [1.54, 1.807) is 21.1 Å². The summed E-state index contributed by atoms with van der Waals surface area (Å²) >= 11 is 0. The number of hydrogen-bond acceptors (Lipinski definition) is 15. The predicted molar refractivity (Wildman–Crippen MR) is 140 cm³/mol. The fraction of sp³-hybridized carbons (Fsp3) is 1.00. The molecule has 4 saturated heterocycles. The van der Waals surface area contributed by atoms with E-state index in [2.05, 4.69) is 0 Å². The number of hydrogen-bond donors (Lipinski definition) is 5. The molecule has 4 rings (SSSR count). The number of ether oxygens (including phenoxy) is 10. The van der Waals surface area contributed by atoms with Crippen LogP contribution in [0, 0.1) is 0 Å². The first-order valence-electron chi connectivity index (χ1n) is 14.5. The molecule has 4 aliphatic rings. The lowest BCUT2D eigenvalue weighted by Gasteiger charge is -2.47. The molecule has 0 amide bonds. The van der Waals surface area contributed by atoms with Crippen LogP contribution in [0.25, 0.3) is 0 Å². The van der Waals surface area contributed by atoms with Crippen LogP contribution in [-0.4, -0.2) is 158 Å². The third-order valence-corrected chi connectivity index (χ3v) is 8.54. The summed E-state index contributed by atoms with van der Waals surface area (Å²) in [5.74, 6) is 0. The van der Waals surface area contributed by atoms with Crippen LogP contribution < -0.4 is 0 Å². The second kappa shape index (κ2) is 15.1. The van der Waals surface area contributed by atoms with Crippen molar-refractivity contribution in [2.45, 2.75) is 145 Å². The van der Waals surface area contributed by atoms with E-state index in [1.165, 1.54) is 7.11 Å². The lowest BCUT2D eigenvalue weighted by molar-refractivity contribution is -0.356. The monoisotopic (exact) mass is 612 g/mol. The maximum absolute atomic E-state index is 10.4. The molecule has 0 aliphatic carbocycles. The zero-order valence-corrected chi connectivity index (χ0v) is 25.0. The first-order valence-corrected chi connectivity index (χ1v) is 14.5. The lowest BCUT2D eigenvalue weighted by Crippen LogP contribution is -2.62. The van der Waals surface area contributed by atoms with E-state index in [0.717, 1.165) is 0 Å². The van der Waals surface area contributed by atoms with Crippen molar-refractivity contribution in [1.82, 2.24) is 0 Å². The molecule has 4 aliphatic heterocycles. The molecule has 0 unspecified atom stereocenters. The first-order chi connectivity index (χ1) is 20.0. The Labute approximate surface area is 245 Å².